The second-order valence-corrected chi connectivity index (χ2v) is 4.79. The topological polar surface area (TPSA) is 59.9 Å². The molecule has 0 fully saturated rings. The van der Waals surface area contributed by atoms with Gasteiger partial charge in [0, 0.05) is 6.92 Å². The average Bonchev–Trinajstić information content (AvgIpc) is 2.49. The van der Waals surface area contributed by atoms with E-state index in [1.165, 1.54) is 6.92 Å². The second kappa shape index (κ2) is 7.47. The van der Waals surface area contributed by atoms with Crippen molar-refractivity contribution in [2.45, 2.75) is 6.92 Å². The third-order valence-corrected chi connectivity index (χ3v) is 3.00. The molecule has 0 spiro atoms. The molecule has 2 aromatic rings. The van der Waals surface area contributed by atoms with Crippen LogP contribution in [0.4, 0.5) is 5.69 Å². The number of nitrogens with zero attached hydrogens (tertiary/aromatic N) is 1. The summed E-state index contributed by atoms with van der Waals surface area (Å²) < 4.78 is 10.0. The van der Waals surface area contributed by atoms with Gasteiger partial charge >= 0.3 is 5.97 Å². The van der Waals surface area contributed by atoms with E-state index in [1.54, 1.807) is 49.7 Å². The van der Waals surface area contributed by atoms with E-state index in [-0.39, 0.29) is 5.97 Å². The van der Waals surface area contributed by atoms with Gasteiger partial charge in [0.1, 0.15) is 11.5 Å². The van der Waals surface area contributed by atoms with Crippen LogP contribution in [0.15, 0.2) is 47.6 Å². The van der Waals surface area contributed by atoms with E-state index in [1.807, 2.05) is 6.07 Å². The fraction of sp³-hybridized carbons (Fsp3) is 0.125. The lowest BCUT2D eigenvalue weighted by Gasteiger charge is -2.05. The number of benzene rings is 2. The molecular weight excluding hydrogens is 304 g/mol. The van der Waals surface area contributed by atoms with Gasteiger partial charge in [-0.3, -0.25) is 10.2 Å². The molecule has 0 aliphatic rings. The monoisotopic (exact) mass is 318 g/mol. The zero-order valence-corrected chi connectivity index (χ0v) is 12.9. The molecular formula is C16H15ClN2O3. The van der Waals surface area contributed by atoms with E-state index in [0.29, 0.717) is 16.5 Å². The molecule has 22 heavy (non-hydrogen) atoms. The first-order valence-corrected chi connectivity index (χ1v) is 6.87. The van der Waals surface area contributed by atoms with Gasteiger partial charge in [0.05, 0.1) is 24.0 Å². The zero-order chi connectivity index (χ0) is 15.9. The summed E-state index contributed by atoms with van der Waals surface area (Å²) in [5, 5.41) is 4.62. The summed E-state index contributed by atoms with van der Waals surface area (Å²) in [5.74, 6) is 0.760. The minimum Gasteiger partial charge on any atom is -0.495 e. The molecule has 0 radical (unpaired) electrons. The normalized spacial score (nSPS) is 10.5. The highest BCUT2D eigenvalue weighted by Gasteiger charge is 2.00. The predicted molar refractivity (Wildman–Crippen MR) is 87.0 cm³/mol. The molecule has 6 heteroatoms. The van der Waals surface area contributed by atoms with E-state index >= 15 is 0 Å². The van der Waals surface area contributed by atoms with Crippen molar-refractivity contribution in [1.29, 1.82) is 0 Å². The molecule has 0 aliphatic carbocycles. The first kappa shape index (κ1) is 15.9. The third-order valence-electron chi connectivity index (χ3n) is 2.70. The summed E-state index contributed by atoms with van der Waals surface area (Å²) in [5.41, 5.74) is 4.49. The number of hydrogen-bond donors (Lipinski definition) is 1. The van der Waals surface area contributed by atoms with Crippen molar-refractivity contribution in [3.05, 3.63) is 53.1 Å². The van der Waals surface area contributed by atoms with Crippen molar-refractivity contribution in [3.63, 3.8) is 0 Å². The molecule has 114 valence electrons. The van der Waals surface area contributed by atoms with Gasteiger partial charge in [0.15, 0.2) is 0 Å². The molecule has 0 aromatic heterocycles. The zero-order valence-electron chi connectivity index (χ0n) is 12.2. The van der Waals surface area contributed by atoms with Gasteiger partial charge in [-0.1, -0.05) is 11.6 Å². The molecule has 1 N–H and O–H groups in total. The number of halogens is 1. The molecule has 0 heterocycles. The molecule has 0 unspecified atom stereocenters. The number of methoxy groups -OCH3 is 1. The summed E-state index contributed by atoms with van der Waals surface area (Å²) in [6, 6.07) is 12.3. The summed E-state index contributed by atoms with van der Waals surface area (Å²) in [6.45, 7) is 1.36. The number of hydrogen-bond acceptors (Lipinski definition) is 5. The summed E-state index contributed by atoms with van der Waals surface area (Å²) in [4.78, 5) is 10.8. The maximum atomic E-state index is 10.8. The smallest absolute Gasteiger partial charge is 0.308 e. The molecule has 0 bridgehead atoms. The van der Waals surface area contributed by atoms with Crippen molar-refractivity contribution < 1.29 is 14.3 Å². The van der Waals surface area contributed by atoms with Crippen LogP contribution >= 0.6 is 11.6 Å². The first-order valence-electron chi connectivity index (χ1n) is 6.49. The Labute approximate surface area is 133 Å². The number of ether oxygens (including phenoxy) is 2. The lowest BCUT2D eigenvalue weighted by atomic mass is 10.2. The molecule has 0 saturated carbocycles. The Hall–Kier alpha value is -2.53. The minimum absolute atomic E-state index is 0.348. The Morgan fingerprint density at radius 1 is 1.23 bits per heavy atom. The van der Waals surface area contributed by atoms with Crippen LogP contribution in [0.3, 0.4) is 0 Å². The number of rotatable bonds is 5. The highest BCUT2D eigenvalue weighted by Crippen LogP contribution is 2.27. The lowest BCUT2D eigenvalue weighted by molar-refractivity contribution is -0.131. The quantitative estimate of drug-likeness (QED) is 0.395. The molecule has 5 nitrogen and oxygen atoms in total. The van der Waals surface area contributed by atoms with E-state index in [4.69, 9.17) is 21.1 Å². The van der Waals surface area contributed by atoms with Crippen LogP contribution in [-0.4, -0.2) is 19.3 Å². The molecule has 2 aromatic carbocycles. The van der Waals surface area contributed by atoms with Crippen LogP contribution in [0, 0.1) is 0 Å². The van der Waals surface area contributed by atoms with Gasteiger partial charge in [-0.05, 0) is 48.0 Å². The standard InChI is InChI=1S/C16H15ClN2O3/c1-11(20)22-14-6-3-12(4-7-14)10-18-19-13-5-8-16(21-2)15(17)9-13/h3-10,19H,1-2H3/b18-10+. The molecule has 0 saturated heterocycles. The van der Waals surface area contributed by atoms with Gasteiger partial charge < -0.3 is 9.47 Å². The highest BCUT2D eigenvalue weighted by atomic mass is 35.5. The van der Waals surface area contributed by atoms with Crippen LogP contribution in [0.25, 0.3) is 0 Å². The van der Waals surface area contributed by atoms with Crippen LogP contribution in [0.1, 0.15) is 12.5 Å². The van der Waals surface area contributed by atoms with Crippen LogP contribution in [0.2, 0.25) is 5.02 Å². The Balaban J connectivity index is 1.97. The van der Waals surface area contributed by atoms with Crippen molar-refractivity contribution in [3.8, 4) is 11.5 Å². The maximum Gasteiger partial charge on any atom is 0.308 e. The first-order chi connectivity index (χ1) is 10.6. The van der Waals surface area contributed by atoms with E-state index in [2.05, 4.69) is 10.5 Å². The lowest BCUT2D eigenvalue weighted by Crippen LogP contribution is -2.01. The number of anilines is 1. The van der Waals surface area contributed by atoms with Gasteiger partial charge in [-0.25, -0.2) is 0 Å². The molecule has 2 rings (SSSR count). The third kappa shape index (κ3) is 4.49. The molecule has 0 atom stereocenters. The number of esters is 1. The van der Waals surface area contributed by atoms with Gasteiger partial charge in [-0.2, -0.15) is 5.10 Å². The molecule has 0 aliphatic heterocycles. The van der Waals surface area contributed by atoms with Crippen molar-refractivity contribution >= 4 is 29.5 Å². The number of carbonyl (C=O) groups is 1. The summed E-state index contributed by atoms with van der Waals surface area (Å²) >= 11 is 6.03. The Kier molecular flexibility index (Phi) is 5.38. The minimum atomic E-state index is -0.348. The van der Waals surface area contributed by atoms with Crippen molar-refractivity contribution in [2.24, 2.45) is 5.10 Å². The molecule has 0 amide bonds. The van der Waals surface area contributed by atoms with E-state index in [9.17, 15) is 4.79 Å². The summed E-state index contributed by atoms with van der Waals surface area (Å²) in [6.07, 6.45) is 1.65. The summed E-state index contributed by atoms with van der Waals surface area (Å²) in [7, 11) is 1.56. The largest absolute Gasteiger partial charge is 0.495 e. The Morgan fingerprint density at radius 2 is 1.95 bits per heavy atom. The van der Waals surface area contributed by atoms with Crippen molar-refractivity contribution in [2.75, 3.05) is 12.5 Å². The maximum absolute atomic E-state index is 10.8. The van der Waals surface area contributed by atoms with E-state index in [0.717, 1.165) is 11.3 Å². The van der Waals surface area contributed by atoms with Gasteiger partial charge in [0.25, 0.3) is 0 Å². The number of nitrogens with one attached hydrogen (secondary N) is 1. The Bertz CT molecular complexity index is 684. The van der Waals surface area contributed by atoms with Crippen molar-refractivity contribution in [1.82, 2.24) is 0 Å². The number of hydrazone groups is 1. The highest BCUT2D eigenvalue weighted by molar-refractivity contribution is 6.32. The SMILES string of the molecule is COc1ccc(N/N=C/c2ccc(OC(C)=O)cc2)cc1Cl. The predicted octanol–water partition coefficient (Wildman–Crippen LogP) is 3.72. The average molecular weight is 319 g/mol. The second-order valence-electron chi connectivity index (χ2n) is 4.38. The van der Waals surface area contributed by atoms with Crippen LogP contribution < -0.4 is 14.9 Å². The van der Waals surface area contributed by atoms with Gasteiger partial charge in [-0.15, -0.1) is 0 Å². The van der Waals surface area contributed by atoms with Crippen LogP contribution in [-0.2, 0) is 4.79 Å². The van der Waals surface area contributed by atoms with Gasteiger partial charge in [0.2, 0.25) is 0 Å². The fourth-order valence-corrected chi connectivity index (χ4v) is 1.96. The van der Waals surface area contributed by atoms with E-state index < -0.39 is 0 Å². The number of carbonyl (C=O) groups excluding carboxylic acids is 1. The Morgan fingerprint density at radius 3 is 2.55 bits per heavy atom. The fourth-order valence-electron chi connectivity index (χ4n) is 1.71. The van der Waals surface area contributed by atoms with Crippen LogP contribution in [0.5, 0.6) is 11.5 Å².